The second kappa shape index (κ2) is 57.4. The molecule has 0 aliphatic heterocycles. The zero-order valence-corrected chi connectivity index (χ0v) is 45.7. The van der Waals surface area contributed by atoms with E-state index < -0.39 is 12.1 Å². The van der Waals surface area contributed by atoms with Crippen molar-refractivity contribution < 1.29 is 24.5 Å². The summed E-state index contributed by atoms with van der Waals surface area (Å²) in [5, 5.41) is 23.4. The first-order valence-electron chi connectivity index (χ1n) is 30.8. The number of rotatable bonds is 58. The third-order valence-corrected chi connectivity index (χ3v) is 14.7. The molecule has 0 aromatic rings. The molecule has 0 saturated heterocycles. The van der Waals surface area contributed by atoms with Crippen molar-refractivity contribution in [3.8, 4) is 0 Å². The smallest absolute Gasteiger partial charge is 0.305 e. The van der Waals surface area contributed by atoms with Gasteiger partial charge in [-0.3, -0.25) is 9.59 Å². The molecule has 400 valence electrons. The first kappa shape index (κ1) is 65.9. The van der Waals surface area contributed by atoms with Crippen molar-refractivity contribution in [3.05, 3.63) is 0 Å². The highest BCUT2D eigenvalue weighted by Crippen LogP contribution is 2.18. The van der Waals surface area contributed by atoms with Gasteiger partial charge in [0.15, 0.2) is 0 Å². The summed E-state index contributed by atoms with van der Waals surface area (Å²) < 4.78 is 5.47. The molecule has 0 aliphatic rings. The van der Waals surface area contributed by atoms with E-state index in [0.717, 1.165) is 38.5 Å². The molecule has 67 heavy (non-hydrogen) atoms. The van der Waals surface area contributed by atoms with Crippen LogP contribution in [0.25, 0.3) is 0 Å². The maximum Gasteiger partial charge on any atom is 0.305 e. The van der Waals surface area contributed by atoms with Crippen LogP contribution in [-0.2, 0) is 14.3 Å². The number of hydrogen-bond acceptors (Lipinski definition) is 5. The van der Waals surface area contributed by atoms with Crippen LogP contribution in [0.15, 0.2) is 0 Å². The topological polar surface area (TPSA) is 95.9 Å². The highest BCUT2D eigenvalue weighted by atomic mass is 16.5. The van der Waals surface area contributed by atoms with Crippen LogP contribution >= 0.6 is 0 Å². The Balaban J connectivity index is 3.40. The van der Waals surface area contributed by atoms with Crippen molar-refractivity contribution in [1.29, 1.82) is 0 Å². The highest BCUT2D eigenvalue weighted by molar-refractivity contribution is 5.76. The molecule has 0 aromatic heterocycles. The lowest BCUT2D eigenvalue weighted by molar-refractivity contribution is -0.143. The number of unbranched alkanes of at least 4 members (excludes halogenated alkanes) is 47. The van der Waals surface area contributed by atoms with Crippen LogP contribution in [0.4, 0.5) is 0 Å². The number of aliphatic hydroxyl groups excluding tert-OH is 2. The maximum absolute atomic E-state index is 12.5. The van der Waals surface area contributed by atoms with E-state index in [-0.39, 0.29) is 18.5 Å². The van der Waals surface area contributed by atoms with Gasteiger partial charge in [-0.2, -0.15) is 0 Å². The third kappa shape index (κ3) is 54.0. The van der Waals surface area contributed by atoms with Crippen molar-refractivity contribution in [1.82, 2.24) is 5.32 Å². The summed E-state index contributed by atoms with van der Waals surface area (Å²) in [4.78, 5) is 24.5. The van der Waals surface area contributed by atoms with E-state index in [1.54, 1.807) is 0 Å². The summed E-state index contributed by atoms with van der Waals surface area (Å²) in [5.41, 5.74) is 0. The molecule has 0 aromatic carbocycles. The number of esters is 1. The van der Waals surface area contributed by atoms with Crippen LogP contribution in [0.1, 0.15) is 354 Å². The Kier molecular flexibility index (Phi) is 56.5. The minimum atomic E-state index is -0.666. The molecule has 0 rings (SSSR count). The minimum Gasteiger partial charge on any atom is -0.466 e. The Morgan fingerprint density at radius 1 is 0.358 bits per heavy atom. The van der Waals surface area contributed by atoms with E-state index in [0.29, 0.717) is 25.9 Å². The van der Waals surface area contributed by atoms with Crippen LogP contribution in [-0.4, -0.2) is 47.4 Å². The molecule has 0 fully saturated rings. The average molecular weight is 949 g/mol. The van der Waals surface area contributed by atoms with Crippen molar-refractivity contribution in [3.63, 3.8) is 0 Å². The molecule has 6 heteroatoms. The van der Waals surface area contributed by atoms with Gasteiger partial charge >= 0.3 is 5.97 Å². The van der Waals surface area contributed by atoms with E-state index in [9.17, 15) is 19.8 Å². The van der Waals surface area contributed by atoms with Crippen LogP contribution in [0.3, 0.4) is 0 Å². The Hall–Kier alpha value is -1.14. The van der Waals surface area contributed by atoms with Gasteiger partial charge in [-0.25, -0.2) is 0 Å². The predicted molar refractivity (Wildman–Crippen MR) is 292 cm³/mol. The van der Waals surface area contributed by atoms with E-state index in [2.05, 4.69) is 19.2 Å². The van der Waals surface area contributed by atoms with Gasteiger partial charge < -0.3 is 20.3 Å². The molecule has 6 nitrogen and oxygen atoms in total. The Morgan fingerprint density at radius 2 is 0.612 bits per heavy atom. The number of nitrogens with one attached hydrogen (secondary N) is 1. The number of carbonyl (C=O) groups is 2. The predicted octanol–water partition coefficient (Wildman–Crippen LogP) is 19.1. The van der Waals surface area contributed by atoms with Gasteiger partial charge in [0, 0.05) is 12.8 Å². The number of hydrogen-bond donors (Lipinski definition) is 3. The van der Waals surface area contributed by atoms with Crippen molar-refractivity contribution in [2.24, 2.45) is 0 Å². The van der Waals surface area contributed by atoms with Gasteiger partial charge in [0.05, 0.1) is 25.4 Å². The summed E-state index contributed by atoms with van der Waals surface area (Å²) in [6.07, 6.45) is 66.7. The van der Waals surface area contributed by atoms with Crippen LogP contribution < -0.4 is 5.32 Å². The van der Waals surface area contributed by atoms with Gasteiger partial charge in [0.25, 0.3) is 0 Å². The molecule has 0 radical (unpaired) electrons. The fourth-order valence-corrected chi connectivity index (χ4v) is 9.94. The minimum absolute atomic E-state index is 0.00925. The van der Waals surface area contributed by atoms with Crippen molar-refractivity contribution in [2.75, 3.05) is 13.2 Å². The monoisotopic (exact) mass is 948 g/mol. The van der Waals surface area contributed by atoms with Gasteiger partial charge in [0.2, 0.25) is 5.91 Å². The summed E-state index contributed by atoms with van der Waals surface area (Å²) in [7, 11) is 0. The lowest BCUT2D eigenvalue weighted by Crippen LogP contribution is -2.45. The van der Waals surface area contributed by atoms with Gasteiger partial charge in [-0.15, -0.1) is 0 Å². The molecule has 3 N–H and O–H groups in total. The second-order valence-corrected chi connectivity index (χ2v) is 21.4. The van der Waals surface area contributed by atoms with E-state index in [1.165, 1.54) is 283 Å². The first-order valence-corrected chi connectivity index (χ1v) is 30.8. The summed E-state index contributed by atoms with van der Waals surface area (Å²) in [6.45, 7) is 4.98. The van der Waals surface area contributed by atoms with Crippen molar-refractivity contribution >= 4 is 11.9 Å². The van der Waals surface area contributed by atoms with E-state index >= 15 is 0 Å². The molecular weight excluding hydrogens is 827 g/mol. The molecule has 2 atom stereocenters. The average Bonchev–Trinajstić information content (AvgIpc) is 3.33. The fraction of sp³-hybridized carbons (Fsp3) is 0.967. The van der Waals surface area contributed by atoms with E-state index in [1.807, 2.05) is 0 Å². The lowest BCUT2D eigenvalue weighted by atomic mass is 10.0. The van der Waals surface area contributed by atoms with Crippen LogP contribution in [0.2, 0.25) is 0 Å². The fourth-order valence-electron chi connectivity index (χ4n) is 9.94. The normalized spacial score (nSPS) is 12.5. The standard InChI is InChI=1S/C61H121NO5/c1-3-5-7-9-11-13-15-17-18-19-20-21-24-27-30-33-37-41-45-49-53-59(64)58(57-63)62-60(65)54-50-46-42-38-34-31-28-25-22-23-26-29-32-36-40-44-48-52-56-67-61(66)55-51-47-43-39-35-16-14-12-10-8-6-4-2/h58-59,63-64H,3-57H2,1-2H3,(H,62,65). The van der Waals surface area contributed by atoms with Crippen LogP contribution in [0, 0.1) is 0 Å². The van der Waals surface area contributed by atoms with Gasteiger partial charge in [0.1, 0.15) is 0 Å². The van der Waals surface area contributed by atoms with Gasteiger partial charge in [-0.05, 0) is 25.7 Å². The highest BCUT2D eigenvalue weighted by Gasteiger charge is 2.20. The molecule has 1 amide bonds. The molecule has 0 aliphatic carbocycles. The molecule has 2 unspecified atom stereocenters. The van der Waals surface area contributed by atoms with Crippen molar-refractivity contribution in [2.45, 2.75) is 366 Å². The number of carbonyl (C=O) groups excluding carboxylic acids is 2. The Bertz CT molecular complexity index is 959. The Morgan fingerprint density at radius 3 is 0.910 bits per heavy atom. The molecule has 0 bridgehead atoms. The number of aliphatic hydroxyl groups is 2. The zero-order valence-electron chi connectivity index (χ0n) is 45.7. The number of amides is 1. The number of ether oxygens (including phenoxy) is 1. The third-order valence-electron chi connectivity index (χ3n) is 14.7. The van der Waals surface area contributed by atoms with Crippen LogP contribution in [0.5, 0.6) is 0 Å². The molecular formula is C61H121NO5. The SMILES string of the molecule is CCCCCCCCCCCCCCCCCCCCCCC(O)C(CO)NC(=O)CCCCCCCCCCCCCCCCCCCCOC(=O)CCCCCCCCCCCCCC. The summed E-state index contributed by atoms with van der Waals surface area (Å²) in [5.74, 6) is -0.0253. The molecule has 0 heterocycles. The maximum atomic E-state index is 12.5. The summed E-state index contributed by atoms with van der Waals surface area (Å²) >= 11 is 0. The quantitative estimate of drug-likeness (QED) is 0.0417. The lowest BCUT2D eigenvalue weighted by Gasteiger charge is -2.22. The second-order valence-electron chi connectivity index (χ2n) is 21.4. The summed E-state index contributed by atoms with van der Waals surface area (Å²) in [6, 6.07) is -0.544. The van der Waals surface area contributed by atoms with E-state index in [4.69, 9.17) is 4.74 Å². The Labute approximate surface area is 419 Å². The molecule has 0 spiro atoms. The zero-order chi connectivity index (χ0) is 48.6. The van der Waals surface area contributed by atoms with Gasteiger partial charge in [-0.1, -0.05) is 316 Å². The molecule has 0 saturated carbocycles. The largest absolute Gasteiger partial charge is 0.466 e. The first-order chi connectivity index (χ1) is 33.0.